The molecule has 20 heavy (non-hydrogen) atoms. The highest BCUT2D eigenvalue weighted by atomic mass is 19.1. The molecule has 0 bridgehead atoms. The van der Waals surface area contributed by atoms with Gasteiger partial charge < -0.3 is 9.30 Å². The molecule has 6 heteroatoms. The van der Waals surface area contributed by atoms with E-state index in [0.717, 1.165) is 18.8 Å². The van der Waals surface area contributed by atoms with Gasteiger partial charge in [0.1, 0.15) is 11.9 Å². The molecule has 1 aromatic carbocycles. The van der Waals surface area contributed by atoms with Crippen molar-refractivity contribution in [1.82, 2.24) is 15.0 Å². The van der Waals surface area contributed by atoms with Gasteiger partial charge in [0.15, 0.2) is 11.6 Å². The van der Waals surface area contributed by atoms with E-state index in [2.05, 4.69) is 17.3 Å². The average Bonchev–Trinajstić information content (AvgIpc) is 2.89. The van der Waals surface area contributed by atoms with Gasteiger partial charge in [0.25, 0.3) is 0 Å². The molecular weight excluding hydrogens is 259 g/mol. The van der Waals surface area contributed by atoms with Crippen LogP contribution in [0.25, 0.3) is 0 Å². The van der Waals surface area contributed by atoms with Crippen LogP contribution in [0.2, 0.25) is 0 Å². The lowest BCUT2D eigenvalue weighted by molar-refractivity contribution is 0.385. The summed E-state index contributed by atoms with van der Waals surface area (Å²) in [5.41, 5.74) is 3.40. The molecule has 0 fully saturated rings. The summed E-state index contributed by atoms with van der Waals surface area (Å²) >= 11 is 0. The third-order valence-corrected chi connectivity index (χ3v) is 3.15. The van der Waals surface area contributed by atoms with Crippen LogP contribution in [0.4, 0.5) is 4.39 Å². The minimum absolute atomic E-state index is 0.210. The molecule has 0 saturated heterocycles. The summed E-state index contributed by atoms with van der Waals surface area (Å²) in [4.78, 5) is 4.32. The lowest BCUT2D eigenvalue weighted by atomic mass is 10.1. The monoisotopic (exact) mass is 278 g/mol. The Balaban J connectivity index is 2.36. The van der Waals surface area contributed by atoms with Crippen molar-refractivity contribution in [3.8, 4) is 5.75 Å². The summed E-state index contributed by atoms with van der Waals surface area (Å²) in [6, 6.07) is 4.41. The van der Waals surface area contributed by atoms with Gasteiger partial charge in [-0.2, -0.15) is 0 Å². The van der Waals surface area contributed by atoms with Gasteiger partial charge in [0.05, 0.1) is 7.11 Å². The summed E-state index contributed by atoms with van der Waals surface area (Å²) < 4.78 is 20.7. The Morgan fingerprint density at radius 2 is 2.30 bits per heavy atom. The number of nitrogens with one attached hydrogen (secondary N) is 1. The predicted molar refractivity (Wildman–Crippen MR) is 74.6 cm³/mol. The van der Waals surface area contributed by atoms with E-state index in [4.69, 9.17) is 10.6 Å². The zero-order valence-electron chi connectivity index (χ0n) is 11.6. The third kappa shape index (κ3) is 2.81. The summed E-state index contributed by atoms with van der Waals surface area (Å²) in [6.45, 7) is 2.92. The van der Waals surface area contributed by atoms with Gasteiger partial charge >= 0.3 is 0 Å². The number of benzene rings is 1. The maximum atomic E-state index is 13.8. The van der Waals surface area contributed by atoms with Gasteiger partial charge in [-0.3, -0.25) is 5.84 Å². The molecule has 5 nitrogen and oxygen atoms in total. The van der Waals surface area contributed by atoms with Crippen LogP contribution in [0, 0.1) is 5.82 Å². The normalized spacial score (nSPS) is 12.4. The Hall–Kier alpha value is -1.92. The molecule has 0 aliphatic heterocycles. The fraction of sp³-hybridized carbons (Fsp3) is 0.357. The summed E-state index contributed by atoms with van der Waals surface area (Å²) in [5, 5.41) is 0. The number of hydrogen-bond acceptors (Lipinski definition) is 4. The van der Waals surface area contributed by atoms with E-state index < -0.39 is 5.82 Å². The molecule has 0 spiro atoms. The number of imidazole rings is 1. The molecule has 0 amide bonds. The van der Waals surface area contributed by atoms with Crippen molar-refractivity contribution < 1.29 is 9.13 Å². The van der Waals surface area contributed by atoms with E-state index in [9.17, 15) is 4.39 Å². The van der Waals surface area contributed by atoms with E-state index in [1.54, 1.807) is 18.3 Å². The van der Waals surface area contributed by atoms with Gasteiger partial charge in [0, 0.05) is 18.9 Å². The highest BCUT2D eigenvalue weighted by Gasteiger charge is 2.19. The molecule has 0 radical (unpaired) electrons. The number of hydrazine groups is 1. The van der Waals surface area contributed by atoms with Crippen LogP contribution in [0.5, 0.6) is 5.75 Å². The van der Waals surface area contributed by atoms with Crippen molar-refractivity contribution in [1.29, 1.82) is 0 Å². The second kappa shape index (κ2) is 6.49. The SMILES string of the molecule is CCCn1ccnc1C(NN)c1ccc(OC)c(F)c1. The van der Waals surface area contributed by atoms with Crippen molar-refractivity contribution >= 4 is 0 Å². The molecule has 0 aliphatic carbocycles. The van der Waals surface area contributed by atoms with Gasteiger partial charge in [-0.25, -0.2) is 14.8 Å². The van der Waals surface area contributed by atoms with Crippen molar-refractivity contribution in [2.24, 2.45) is 5.84 Å². The zero-order chi connectivity index (χ0) is 14.5. The fourth-order valence-electron chi connectivity index (χ4n) is 2.19. The maximum Gasteiger partial charge on any atom is 0.165 e. The highest BCUT2D eigenvalue weighted by Crippen LogP contribution is 2.25. The number of ether oxygens (including phenoxy) is 1. The average molecular weight is 278 g/mol. The number of nitrogens with two attached hydrogens (primary N) is 1. The predicted octanol–water partition coefficient (Wildman–Crippen LogP) is 1.99. The quantitative estimate of drug-likeness (QED) is 0.626. The molecule has 108 valence electrons. The number of aromatic nitrogens is 2. The van der Waals surface area contributed by atoms with E-state index in [1.807, 2.05) is 10.8 Å². The molecule has 1 atom stereocenters. The van der Waals surface area contributed by atoms with E-state index in [-0.39, 0.29) is 11.8 Å². The first-order valence-electron chi connectivity index (χ1n) is 6.51. The second-order valence-corrected chi connectivity index (χ2v) is 4.47. The van der Waals surface area contributed by atoms with Crippen LogP contribution < -0.4 is 16.0 Å². The molecule has 1 unspecified atom stereocenters. The van der Waals surface area contributed by atoms with Gasteiger partial charge in [0.2, 0.25) is 0 Å². The molecule has 1 heterocycles. The van der Waals surface area contributed by atoms with Crippen LogP contribution in [-0.4, -0.2) is 16.7 Å². The topological polar surface area (TPSA) is 65.1 Å². The summed E-state index contributed by atoms with van der Waals surface area (Å²) in [5.74, 6) is 6.18. The van der Waals surface area contributed by atoms with E-state index in [1.165, 1.54) is 13.2 Å². The van der Waals surface area contributed by atoms with Crippen LogP contribution in [0.15, 0.2) is 30.6 Å². The van der Waals surface area contributed by atoms with E-state index >= 15 is 0 Å². The van der Waals surface area contributed by atoms with Crippen LogP contribution >= 0.6 is 0 Å². The van der Waals surface area contributed by atoms with Gasteiger partial charge in [-0.15, -0.1) is 0 Å². The molecular formula is C14H19FN4O. The number of hydrogen-bond donors (Lipinski definition) is 2. The number of halogens is 1. The van der Waals surface area contributed by atoms with Crippen molar-refractivity contribution in [2.45, 2.75) is 25.9 Å². The molecule has 1 aromatic heterocycles. The Kier molecular flexibility index (Phi) is 4.70. The first kappa shape index (κ1) is 14.5. The number of nitrogens with zero attached hydrogens (tertiary/aromatic N) is 2. The van der Waals surface area contributed by atoms with Crippen molar-refractivity contribution in [3.05, 3.63) is 47.8 Å². The van der Waals surface area contributed by atoms with Crippen molar-refractivity contribution in [2.75, 3.05) is 7.11 Å². The van der Waals surface area contributed by atoms with Gasteiger partial charge in [-0.1, -0.05) is 13.0 Å². The molecule has 0 saturated carbocycles. The fourth-order valence-corrected chi connectivity index (χ4v) is 2.19. The lowest BCUT2D eigenvalue weighted by Gasteiger charge is -2.18. The second-order valence-electron chi connectivity index (χ2n) is 4.47. The maximum absolute atomic E-state index is 13.8. The first-order chi connectivity index (χ1) is 9.71. The van der Waals surface area contributed by atoms with Crippen LogP contribution in [0.3, 0.4) is 0 Å². The first-order valence-corrected chi connectivity index (χ1v) is 6.51. The Labute approximate surface area is 117 Å². The number of rotatable bonds is 6. The molecule has 3 N–H and O–H groups in total. The van der Waals surface area contributed by atoms with E-state index in [0.29, 0.717) is 5.56 Å². The Bertz CT molecular complexity index is 570. The molecule has 0 aliphatic rings. The standard InChI is InChI=1S/C14H19FN4O/c1-3-7-19-8-6-17-14(19)13(18-16)10-4-5-12(20-2)11(15)9-10/h4-6,8-9,13,18H,3,7,16H2,1-2H3. The van der Waals surface area contributed by atoms with Crippen molar-refractivity contribution in [3.63, 3.8) is 0 Å². The minimum Gasteiger partial charge on any atom is -0.494 e. The van der Waals surface area contributed by atoms with Crippen LogP contribution in [0.1, 0.15) is 30.8 Å². The Morgan fingerprint density at radius 3 is 2.90 bits per heavy atom. The smallest absolute Gasteiger partial charge is 0.165 e. The van der Waals surface area contributed by atoms with Gasteiger partial charge in [-0.05, 0) is 24.1 Å². The lowest BCUT2D eigenvalue weighted by Crippen LogP contribution is -2.31. The third-order valence-electron chi connectivity index (χ3n) is 3.15. The Morgan fingerprint density at radius 1 is 1.50 bits per heavy atom. The van der Waals surface area contributed by atoms with Crippen LogP contribution in [-0.2, 0) is 6.54 Å². The highest BCUT2D eigenvalue weighted by molar-refractivity contribution is 5.33. The molecule has 2 rings (SSSR count). The summed E-state index contributed by atoms with van der Waals surface area (Å²) in [6.07, 6.45) is 4.59. The number of methoxy groups -OCH3 is 1. The summed E-state index contributed by atoms with van der Waals surface area (Å²) in [7, 11) is 1.44. The number of aryl methyl sites for hydroxylation is 1. The molecule has 2 aromatic rings. The largest absolute Gasteiger partial charge is 0.494 e. The zero-order valence-corrected chi connectivity index (χ0v) is 11.6. The minimum atomic E-state index is -0.418.